The minimum absolute atomic E-state index is 0. The van der Waals surface area contributed by atoms with Gasteiger partial charge in [-0.2, -0.15) is 0 Å². The van der Waals surface area contributed by atoms with Gasteiger partial charge in [-0.25, -0.2) is 0 Å². The number of hydrogen-bond donors (Lipinski definition) is 2. The Labute approximate surface area is 94.6 Å². The quantitative estimate of drug-likeness (QED) is 0.436. The first-order valence-electron chi connectivity index (χ1n) is 2.81. The maximum atomic E-state index is 10.3. The summed E-state index contributed by atoms with van der Waals surface area (Å²) >= 11 is 1.37. The Bertz CT molecular complexity index is 172. The molecule has 0 fully saturated rings. The Morgan fingerprint density at radius 3 is 2.45 bits per heavy atom. The number of hydrogen-bond acceptors (Lipinski definition) is 2. The maximum absolute atomic E-state index is 10.3. The van der Waals surface area contributed by atoms with Gasteiger partial charge in [-0.1, -0.05) is 13.5 Å². The molecule has 11 heavy (non-hydrogen) atoms. The minimum Gasteiger partial charge on any atom is -1.00 e. The van der Waals surface area contributed by atoms with Gasteiger partial charge in [0.2, 0.25) is 0 Å². The van der Waals surface area contributed by atoms with Crippen molar-refractivity contribution in [1.29, 1.82) is 0 Å². The van der Waals surface area contributed by atoms with E-state index in [1.807, 2.05) is 6.92 Å². The first-order chi connectivity index (χ1) is 4.45. The molecule has 0 rings (SSSR count). The van der Waals surface area contributed by atoms with Gasteiger partial charge in [-0.15, -0.1) is 11.8 Å². The van der Waals surface area contributed by atoms with Crippen LogP contribution in [0.3, 0.4) is 0 Å². The number of thioether (sulfide) groups is 1. The van der Waals surface area contributed by atoms with Crippen molar-refractivity contribution in [3.05, 3.63) is 11.5 Å². The van der Waals surface area contributed by atoms with Crippen LogP contribution in [0.15, 0.2) is 11.5 Å². The fraction of sp³-hybridized carbons (Fsp3) is 0.600. The van der Waals surface area contributed by atoms with Crippen LogP contribution in [0.2, 0.25) is 0 Å². The maximum Gasteiger partial charge on any atom is 1.00 e. The molecule has 0 amide bonds. The van der Waals surface area contributed by atoms with Crippen molar-refractivity contribution in [3.63, 3.8) is 0 Å². The van der Waals surface area contributed by atoms with Crippen LogP contribution in [0.1, 0.15) is 8.35 Å². The third-order valence-corrected chi connectivity index (χ3v) is 2.58. The summed E-state index contributed by atoms with van der Waals surface area (Å²) in [5.74, 6) is 0.804. The van der Waals surface area contributed by atoms with Crippen LogP contribution >= 0.6 is 19.4 Å². The SMILES string of the molecule is C=C(CP(=O)(O)O)SCC.[H-].[Na+]. The molecule has 0 aliphatic carbocycles. The molecule has 0 heterocycles. The van der Waals surface area contributed by atoms with Gasteiger partial charge in [0.15, 0.2) is 0 Å². The van der Waals surface area contributed by atoms with Gasteiger partial charge in [0, 0.05) is 0 Å². The van der Waals surface area contributed by atoms with E-state index >= 15 is 0 Å². The first kappa shape index (κ1) is 14.7. The van der Waals surface area contributed by atoms with E-state index in [1.54, 1.807) is 0 Å². The molecule has 0 spiro atoms. The summed E-state index contributed by atoms with van der Waals surface area (Å²) in [6.45, 7) is 5.41. The molecular formula is C5H12NaO3PS. The third-order valence-electron chi connectivity index (χ3n) is 0.731. The second kappa shape index (κ2) is 6.72. The van der Waals surface area contributed by atoms with Crippen LogP contribution in [0, 0.1) is 0 Å². The molecule has 0 bridgehead atoms. The van der Waals surface area contributed by atoms with E-state index < -0.39 is 7.60 Å². The summed E-state index contributed by atoms with van der Waals surface area (Å²) < 4.78 is 10.3. The Kier molecular flexibility index (Phi) is 9.01. The van der Waals surface area contributed by atoms with Gasteiger partial charge >= 0.3 is 37.2 Å². The average Bonchev–Trinajstić information content (AvgIpc) is 1.59. The molecule has 6 heteroatoms. The monoisotopic (exact) mass is 206 g/mol. The summed E-state index contributed by atoms with van der Waals surface area (Å²) in [5.41, 5.74) is 0. The zero-order chi connectivity index (χ0) is 8.20. The van der Waals surface area contributed by atoms with Crippen molar-refractivity contribution < 1.29 is 45.3 Å². The zero-order valence-corrected chi connectivity index (χ0v) is 10.5. The standard InChI is InChI=1S/C5H11O3PS.Na.H/c1-3-10-5(2)4-9(6,7)8;;/h2-4H2,1H3,(H2,6,7,8);;/q;+1;-1. The third kappa shape index (κ3) is 11.2. The molecule has 0 aromatic heterocycles. The van der Waals surface area contributed by atoms with Crippen LogP contribution in [-0.4, -0.2) is 21.7 Å². The molecule has 0 aromatic rings. The molecule has 2 N–H and O–H groups in total. The smallest absolute Gasteiger partial charge is 1.00 e. The molecule has 0 saturated heterocycles. The molecular weight excluding hydrogens is 194 g/mol. The molecule has 0 saturated carbocycles. The van der Waals surface area contributed by atoms with Gasteiger partial charge in [-0.05, 0) is 10.7 Å². The predicted octanol–water partition coefficient (Wildman–Crippen LogP) is -1.45. The van der Waals surface area contributed by atoms with Gasteiger partial charge in [0.05, 0.1) is 6.16 Å². The van der Waals surface area contributed by atoms with Crippen molar-refractivity contribution in [2.45, 2.75) is 6.92 Å². The second-order valence-corrected chi connectivity index (χ2v) is 4.88. The molecule has 3 nitrogen and oxygen atoms in total. The minimum atomic E-state index is -3.87. The van der Waals surface area contributed by atoms with E-state index in [2.05, 4.69) is 6.58 Å². The molecule has 0 unspecified atom stereocenters. The van der Waals surface area contributed by atoms with E-state index in [9.17, 15) is 4.57 Å². The van der Waals surface area contributed by atoms with Gasteiger partial charge < -0.3 is 11.2 Å². The van der Waals surface area contributed by atoms with Crippen LogP contribution < -0.4 is 29.6 Å². The van der Waals surface area contributed by atoms with Gasteiger partial charge in [-0.3, -0.25) is 4.57 Å². The van der Waals surface area contributed by atoms with E-state index in [0.29, 0.717) is 4.91 Å². The van der Waals surface area contributed by atoms with E-state index in [1.165, 1.54) is 11.8 Å². The molecule has 0 aromatic carbocycles. The molecule has 0 atom stereocenters. The van der Waals surface area contributed by atoms with Crippen molar-refractivity contribution >= 4 is 19.4 Å². The van der Waals surface area contributed by atoms with Crippen LogP contribution in [0.25, 0.3) is 0 Å². The van der Waals surface area contributed by atoms with Crippen LogP contribution in [-0.2, 0) is 4.57 Å². The van der Waals surface area contributed by atoms with E-state index in [4.69, 9.17) is 9.79 Å². The van der Waals surface area contributed by atoms with E-state index in [0.717, 1.165) is 5.75 Å². The van der Waals surface area contributed by atoms with Crippen LogP contribution in [0.4, 0.5) is 0 Å². The van der Waals surface area contributed by atoms with Crippen molar-refractivity contribution in [2.75, 3.05) is 11.9 Å². The largest absolute Gasteiger partial charge is 1.00 e. The summed E-state index contributed by atoms with van der Waals surface area (Å²) in [6.07, 6.45) is -0.203. The summed E-state index contributed by atoms with van der Waals surface area (Å²) in [7, 11) is -3.87. The topological polar surface area (TPSA) is 57.5 Å². The van der Waals surface area contributed by atoms with Crippen LogP contribution in [0.5, 0.6) is 0 Å². The van der Waals surface area contributed by atoms with Crippen molar-refractivity contribution in [3.8, 4) is 0 Å². The fourth-order valence-electron chi connectivity index (χ4n) is 0.479. The van der Waals surface area contributed by atoms with Gasteiger partial charge in [0.25, 0.3) is 0 Å². The molecule has 62 valence electrons. The molecule has 0 aliphatic rings. The Morgan fingerprint density at radius 2 is 2.18 bits per heavy atom. The van der Waals surface area contributed by atoms with Gasteiger partial charge in [0.1, 0.15) is 0 Å². The summed E-state index contributed by atoms with van der Waals surface area (Å²) in [6, 6.07) is 0. The van der Waals surface area contributed by atoms with E-state index in [-0.39, 0.29) is 37.1 Å². The zero-order valence-electron chi connectivity index (χ0n) is 7.78. The molecule has 0 aliphatic heterocycles. The second-order valence-electron chi connectivity index (χ2n) is 1.79. The predicted molar refractivity (Wildman–Crippen MR) is 45.3 cm³/mol. The average molecular weight is 206 g/mol. The Balaban J connectivity index is -0.000000405. The number of rotatable bonds is 4. The summed E-state index contributed by atoms with van der Waals surface area (Å²) in [5, 5.41) is 0. The Morgan fingerprint density at radius 1 is 1.73 bits per heavy atom. The number of allylic oxidation sites excluding steroid dienone is 1. The Hall–Kier alpha value is 1.24. The fourth-order valence-corrected chi connectivity index (χ4v) is 2.22. The first-order valence-corrected chi connectivity index (χ1v) is 5.59. The normalized spacial score (nSPS) is 10.5. The summed E-state index contributed by atoms with van der Waals surface area (Å²) in [4.78, 5) is 17.5. The van der Waals surface area contributed by atoms with Crippen molar-refractivity contribution in [2.24, 2.45) is 0 Å². The molecule has 0 radical (unpaired) electrons. The van der Waals surface area contributed by atoms with Crippen molar-refractivity contribution in [1.82, 2.24) is 0 Å².